The lowest BCUT2D eigenvalue weighted by molar-refractivity contribution is -0.218. The molecule has 4 nitrogen and oxygen atoms in total. The lowest BCUT2D eigenvalue weighted by Gasteiger charge is -2.30. The van der Waals surface area contributed by atoms with Crippen LogP contribution in [0.3, 0.4) is 0 Å². The Morgan fingerprint density at radius 3 is 2.34 bits per heavy atom. The summed E-state index contributed by atoms with van der Waals surface area (Å²) in [5, 5.41) is 2.31. The van der Waals surface area contributed by atoms with Crippen LogP contribution in [0.15, 0.2) is 54.6 Å². The number of hydrogen-bond donors (Lipinski definition) is 1. The molecule has 0 saturated carbocycles. The zero-order valence-electron chi connectivity index (χ0n) is 17.0. The van der Waals surface area contributed by atoms with Crippen molar-refractivity contribution in [3.8, 4) is 5.75 Å². The molecule has 1 N–H and O–H groups in total. The minimum atomic E-state index is -4.75. The van der Waals surface area contributed by atoms with Crippen LogP contribution in [0.1, 0.15) is 17.5 Å². The summed E-state index contributed by atoms with van der Waals surface area (Å²) >= 11 is 0. The van der Waals surface area contributed by atoms with Gasteiger partial charge in [-0.1, -0.05) is 42.5 Å². The summed E-state index contributed by atoms with van der Waals surface area (Å²) in [5.41, 5.74) is -1.37. The molecule has 2 aromatic carbocycles. The van der Waals surface area contributed by atoms with Crippen molar-refractivity contribution in [1.82, 2.24) is 10.2 Å². The Hall–Kier alpha value is -2.75. The Bertz CT molecular complexity index is 917. The fourth-order valence-electron chi connectivity index (χ4n) is 3.67. The van der Waals surface area contributed by atoms with E-state index in [9.17, 15) is 31.1 Å². The van der Waals surface area contributed by atoms with Gasteiger partial charge in [-0.15, -0.1) is 0 Å². The third-order valence-corrected chi connectivity index (χ3v) is 5.33. The van der Waals surface area contributed by atoms with E-state index in [1.165, 1.54) is 24.3 Å². The van der Waals surface area contributed by atoms with Gasteiger partial charge < -0.3 is 10.1 Å². The van der Waals surface area contributed by atoms with Gasteiger partial charge in [-0.3, -0.25) is 9.69 Å². The summed E-state index contributed by atoms with van der Waals surface area (Å²) in [5.74, 6) is -1.24. The number of nitrogens with zero attached hydrogens (tertiary/aromatic N) is 1. The average molecular weight is 460 g/mol. The van der Waals surface area contributed by atoms with E-state index < -0.39 is 36.8 Å². The number of halogens is 6. The molecular weight excluding hydrogens is 438 g/mol. The summed E-state index contributed by atoms with van der Waals surface area (Å²) in [6.45, 7) is -1.81. The zero-order chi connectivity index (χ0) is 23.4. The highest BCUT2D eigenvalue weighted by atomic mass is 19.4. The van der Waals surface area contributed by atoms with Crippen LogP contribution >= 0.6 is 0 Å². The Balaban J connectivity index is 1.65. The molecule has 2 aromatic rings. The summed E-state index contributed by atoms with van der Waals surface area (Å²) in [4.78, 5) is 14.3. The van der Waals surface area contributed by atoms with Crippen LogP contribution in [-0.4, -0.2) is 42.9 Å². The summed E-state index contributed by atoms with van der Waals surface area (Å²) in [6.07, 6.45) is -9.64. The van der Waals surface area contributed by atoms with E-state index in [1.807, 2.05) is 18.2 Å². The van der Waals surface area contributed by atoms with Crippen molar-refractivity contribution in [3.63, 3.8) is 0 Å². The molecule has 32 heavy (non-hydrogen) atoms. The van der Waals surface area contributed by atoms with Crippen LogP contribution in [0, 0.1) is 5.41 Å². The van der Waals surface area contributed by atoms with Gasteiger partial charge in [0, 0.05) is 19.6 Å². The Kier molecular flexibility index (Phi) is 7.02. The van der Waals surface area contributed by atoms with Crippen LogP contribution in [0.4, 0.5) is 26.3 Å². The molecule has 3 rings (SSSR count). The quantitative estimate of drug-likeness (QED) is 0.610. The maximum absolute atomic E-state index is 14.0. The smallest absolute Gasteiger partial charge is 0.422 e. The van der Waals surface area contributed by atoms with Crippen LogP contribution < -0.4 is 10.1 Å². The van der Waals surface area contributed by atoms with E-state index in [2.05, 4.69) is 10.1 Å². The molecule has 1 amide bonds. The van der Waals surface area contributed by atoms with Crippen molar-refractivity contribution in [2.45, 2.75) is 31.9 Å². The first-order chi connectivity index (χ1) is 15.0. The number of alkyl halides is 6. The van der Waals surface area contributed by atoms with E-state index in [1.54, 1.807) is 17.0 Å². The van der Waals surface area contributed by atoms with Gasteiger partial charge in [0.05, 0.1) is 0 Å². The van der Waals surface area contributed by atoms with Crippen molar-refractivity contribution in [2.24, 2.45) is 5.41 Å². The first kappa shape index (κ1) is 23.9. The van der Waals surface area contributed by atoms with Crippen molar-refractivity contribution in [1.29, 1.82) is 0 Å². The van der Waals surface area contributed by atoms with Gasteiger partial charge in [0.15, 0.2) is 12.0 Å². The summed E-state index contributed by atoms with van der Waals surface area (Å²) < 4.78 is 83.4. The predicted octanol–water partition coefficient (Wildman–Crippen LogP) is 4.70. The highest BCUT2D eigenvalue weighted by Crippen LogP contribution is 2.46. The number of nitrogens with one attached hydrogen (secondary N) is 1. The fourth-order valence-corrected chi connectivity index (χ4v) is 3.67. The molecule has 1 aliphatic heterocycles. The molecule has 0 aromatic heterocycles. The fraction of sp³-hybridized carbons (Fsp3) is 0.409. The molecular formula is C22H22F6N2O2. The van der Waals surface area contributed by atoms with Gasteiger partial charge >= 0.3 is 12.4 Å². The Morgan fingerprint density at radius 1 is 1.00 bits per heavy atom. The Labute approximate surface area is 181 Å². The van der Waals surface area contributed by atoms with Gasteiger partial charge in [0.2, 0.25) is 5.91 Å². The Morgan fingerprint density at radius 2 is 1.69 bits per heavy atom. The summed E-state index contributed by atoms with van der Waals surface area (Å²) in [6, 6.07) is 14.5. The van der Waals surface area contributed by atoms with Crippen molar-refractivity contribution in [2.75, 3.05) is 19.7 Å². The standard InChI is InChI=1S/C22H22F6N2O2/c23-21(24,25)15-32-18-8-4-7-17(11-18)12-29-19(31)20(22(26,27)28)9-10-30(14-20)13-16-5-2-1-3-6-16/h1-8,11H,9-10,12-15H2,(H,29,31). The van der Waals surface area contributed by atoms with Crippen LogP contribution in [0.5, 0.6) is 5.75 Å². The first-order valence-corrected chi connectivity index (χ1v) is 9.88. The second-order valence-corrected chi connectivity index (χ2v) is 7.76. The number of carbonyl (C=O) groups excluding carboxylic acids is 1. The molecule has 1 atom stereocenters. The number of likely N-dealkylation sites (tertiary alicyclic amines) is 1. The topological polar surface area (TPSA) is 41.6 Å². The highest BCUT2D eigenvalue weighted by molar-refractivity contribution is 5.84. The maximum atomic E-state index is 14.0. The maximum Gasteiger partial charge on any atom is 0.422 e. The van der Waals surface area contributed by atoms with E-state index in [-0.39, 0.29) is 25.3 Å². The van der Waals surface area contributed by atoms with Gasteiger partial charge in [-0.25, -0.2) is 0 Å². The minimum Gasteiger partial charge on any atom is -0.484 e. The molecule has 10 heteroatoms. The van der Waals surface area contributed by atoms with Gasteiger partial charge in [-0.05, 0) is 36.2 Å². The number of hydrogen-bond acceptors (Lipinski definition) is 3. The van der Waals surface area contributed by atoms with Crippen molar-refractivity contribution >= 4 is 5.91 Å². The molecule has 0 aliphatic carbocycles. The second kappa shape index (κ2) is 9.40. The molecule has 1 heterocycles. The van der Waals surface area contributed by atoms with Crippen molar-refractivity contribution < 1.29 is 35.9 Å². The molecule has 1 saturated heterocycles. The molecule has 0 radical (unpaired) electrons. The largest absolute Gasteiger partial charge is 0.484 e. The minimum absolute atomic E-state index is 0.0884. The molecule has 1 fully saturated rings. The van der Waals surface area contributed by atoms with E-state index >= 15 is 0 Å². The van der Waals surface area contributed by atoms with E-state index in [4.69, 9.17) is 0 Å². The summed E-state index contributed by atoms with van der Waals surface area (Å²) in [7, 11) is 0. The number of rotatable bonds is 7. The molecule has 0 spiro atoms. The normalized spacial score (nSPS) is 19.7. The molecule has 1 aliphatic rings. The highest BCUT2D eigenvalue weighted by Gasteiger charge is 2.62. The predicted molar refractivity (Wildman–Crippen MR) is 105 cm³/mol. The van der Waals surface area contributed by atoms with Crippen LogP contribution in [0.2, 0.25) is 0 Å². The molecule has 174 valence electrons. The zero-order valence-corrected chi connectivity index (χ0v) is 17.0. The van der Waals surface area contributed by atoms with Crippen molar-refractivity contribution in [3.05, 3.63) is 65.7 Å². The van der Waals surface area contributed by atoms with Gasteiger partial charge in [-0.2, -0.15) is 26.3 Å². The number of amides is 1. The SMILES string of the molecule is O=C(NCc1cccc(OCC(F)(F)F)c1)C1(C(F)(F)F)CCN(Cc2ccccc2)C1. The molecule has 0 bridgehead atoms. The van der Waals surface area contributed by atoms with Gasteiger partial charge in [0.25, 0.3) is 0 Å². The third kappa shape index (κ3) is 5.93. The van der Waals surface area contributed by atoms with Crippen LogP contribution in [0.25, 0.3) is 0 Å². The monoisotopic (exact) mass is 460 g/mol. The second-order valence-electron chi connectivity index (χ2n) is 7.76. The lowest BCUT2D eigenvalue weighted by Crippen LogP contribution is -2.52. The lowest BCUT2D eigenvalue weighted by atomic mass is 9.85. The number of carbonyl (C=O) groups is 1. The van der Waals surface area contributed by atoms with Gasteiger partial charge in [0.1, 0.15) is 5.75 Å². The first-order valence-electron chi connectivity index (χ1n) is 9.88. The molecule has 1 unspecified atom stereocenters. The van der Waals surface area contributed by atoms with E-state index in [0.29, 0.717) is 12.1 Å². The van der Waals surface area contributed by atoms with E-state index in [0.717, 1.165) is 5.56 Å². The average Bonchev–Trinajstić information content (AvgIpc) is 3.16. The number of benzene rings is 2. The third-order valence-electron chi connectivity index (χ3n) is 5.33. The number of ether oxygens (including phenoxy) is 1. The van der Waals surface area contributed by atoms with Crippen LogP contribution in [-0.2, 0) is 17.9 Å².